The smallest absolute Gasteiger partial charge is 0.102 e. The lowest BCUT2D eigenvalue weighted by atomic mass is 9.84. The van der Waals surface area contributed by atoms with E-state index in [1.165, 1.54) is 24.1 Å². The van der Waals surface area contributed by atoms with Crippen LogP contribution in [-0.4, -0.2) is 47.3 Å². The van der Waals surface area contributed by atoms with E-state index in [1.807, 2.05) is 24.4 Å². The molecular formula is C19H26ClN3O2. The Balaban J connectivity index is 0.00000182. The number of halogens is 1. The number of aromatic nitrogens is 2. The lowest BCUT2D eigenvalue weighted by molar-refractivity contribution is -0.889. The number of fused-ring (bicyclic) bond motifs is 1. The molecule has 0 unspecified atom stereocenters. The summed E-state index contributed by atoms with van der Waals surface area (Å²) in [6.07, 6.45) is 6.41. The Bertz CT molecular complexity index is 683. The van der Waals surface area contributed by atoms with Crippen molar-refractivity contribution in [1.82, 2.24) is 9.78 Å². The van der Waals surface area contributed by atoms with Crippen molar-refractivity contribution in [3.63, 3.8) is 0 Å². The van der Waals surface area contributed by atoms with Gasteiger partial charge in [0, 0.05) is 12.1 Å². The fraction of sp³-hybridized carbons (Fsp3) is 0.526. The van der Waals surface area contributed by atoms with Crippen LogP contribution < -0.4 is 0 Å². The molecule has 0 bridgehead atoms. The summed E-state index contributed by atoms with van der Waals surface area (Å²) in [7, 11) is 0. The van der Waals surface area contributed by atoms with Crippen LogP contribution in [0.4, 0.5) is 0 Å². The average molecular weight is 364 g/mol. The molecule has 0 amide bonds. The Morgan fingerprint density at radius 3 is 2.72 bits per heavy atom. The molecule has 1 aromatic carbocycles. The number of para-hydroxylation sites is 1. The summed E-state index contributed by atoms with van der Waals surface area (Å²) in [6.45, 7) is 3.10. The van der Waals surface area contributed by atoms with E-state index >= 15 is 0 Å². The fourth-order valence-electron chi connectivity index (χ4n) is 4.03. The van der Waals surface area contributed by atoms with Gasteiger partial charge in [-0.3, -0.25) is 0 Å². The molecule has 6 heteroatoms. The minimum absolute atomic E-state index is 0. The van der Waals surface area contributed by atoms with Crippen molar-refractivity contribution in [3.8, 4) is 5.69 Å². The second kappa shape index (κ2) is 7.87. The van der Waals surface area contributed by atoms with Gasteiger partial charge in [-0.2, -0.15) is 5.10 Å². The number of benzene rings is 1. The van der Waals surface area contributed by atoms with Gasteiger partial charge in [-0.05, 0) is 42.9 Å². The first kappa shape index (κ1) is 18.4. The molecule has 1 atom stereocenters. The number of quaternary nitrogens is 1. The van der Waals surface area contributed by atoms with Crippen molar-refractivity contribution in [1.29, 1.82) is 0 Å². The van der Waals surface area contributed by atoms with Crippen LogP contribution in [0.2, 0.25) is 0 Å². The number of hydrogen-bond acceptors (Lipinski definition) is 3. The van der Waals surface area contributed by atoms with Gasteiger partial charge in [0.05, 0.1) is 31.6 Å². The second-order valence-electron chi connectivity index (χ2n) is 7.01. The highest BCUT2D eigenvalue weighted by molar-refractivity contribution is 5.85. The maximum Gasteiger partial charge on any atom is 0.102 e. The van der Waals surface area contributed by atoms with Crippen molar-refractivity contribution in [3.05, 3.63) is 53.0 Å². The summed E-state index contributed by atoms with van der Waals surface area (Å²) >= 11 is 0. The first-order chi connectivity index (χ1) is 11.8. The highest BCUT2D eigenvalue weighted by Gasteiger charge is 2.28. The van der Waals surface area contributed by atoms with Gasteiger partial charge >= 0.3 is 0 Å². The molecule has 0 N–H and O–H groups in total. The minimum Gasteiger partial charge on any atom is -0.633 e. The summed E-state index contributed by atoms with van der Waals surface area (Å²) < 4.78 is 7.33. The predicted octanol–water partition coefficient (Wildman–Crippen LogP) is 3.45. The number of rotatable bonds is 4. The molecule has 1 aromatic heterocycles. The third-order valence-electron chi connectivity index (χ3n) is 5.48. The van der Waals surface area contributed by atoms with Crippen molar-refractivity contribution in [2.45, 2.75) is 31.6 Å². The molecule has 0 radical (unpaired) electrons. The predicted molar refractivity (Wildman–Crippen MR) is 100 cm³/mol. The highest BCUT2D eigenvalue weighted by Crippen LogP contribution is 2.35. The van der Waals surface area contributed by atoms with Crippen LogP contribution in [0.5, 0.6) is 0 Å². The van der Waals surface area contributed by atoms with Crippen LogP contribution in [0, 0.1) is 5.21 Å². The monoisotopic (exact) mass is 363 g/mol. The third-order valence-corrected chi connectivity index (χ3v) is 5.48. The number of nitrogens with zero attached hydrogens (tertiary/aromatic N) is 3. The normalized spacial score (nSPS) is 22.0. The Kier molecular flexibility index (Phi) is 5.79. The van der Waals surface area contributed by atoms with Gasteiger partial charge in [-0.25, -0.2) is 4.68 Å². The zero-order valence-corrected chi connectivity index (χ0v) is 15.3. The van der Waals surface area contributed by atoms with Crippen molar-refractivity contribution in [2.24, 2.45) is 0 Å². The van der Waals surface area contributed by atoms with E-state index in [0.29, 0.717) is 38.8 Å². The van der Waals surface area contributed by atoms with Crippen LogP contribution in [0.1, 0.15) is 36.4 Å². The number of hydroxylamine groups is 3. The molecule has 4 rings (SSSR count). The van der Waals surface area contributed by atoms with E-state index in [-0.39, 0.29) is 17.1 Å². The third kappa shape index (κ3) is 3.90. The Hall–Kier alpha value is -1.40. The number of morpholine rings is 1. The van der Waals surface area contributed by atoms with Crippen LogP contribution in [0.15, 0.2) is 36.5 Å². The Labute approximate surface area is 155 Å². The van der Waals surface area contributed by atoms with Crippen molar-refractivity contribution >= 4 is 12.4 Å². The van der Waals surface area contributed by atoms with E-state index in [4.69, 9.17) is 4.74 Å². The maximum atomic E-state index is 12.7. The molecule has 1 saturated heterocycles. The summed E-state index contributed by atoms with van der Waals surface area (Å²) in [5, 5.41) is 17.4. The quantitative estimate of drug-likeness (QED) is 0.617. The van der Waals surface area contributed by atoms with E-state index in [2.05, 4.69) is 21.9 Å². The first-order valence-electron chi connectivity index (χ1n) is 9.02. The van der Waals surface area contributed by atoms with Crippen LogP contribution >= 0.6 is 12.4 Å². The first-order valence-corrected chi connectivity index (χ1v) is 9.02. The van der Waals surface area contributed by atoms with Gasteiger partial charge in [0.15, 0.2) is 0 Å². The van der Waals surface area contributed by atoms with Crippen LogP contribution in [0.25, 0.3) is 5.69 Å². The summed E-state index contributed by atoms with van der Waals surface area (Å²) in [6, 6.07) is 10.3. The second-order valence-corrected chi connectivity index (χ2v) is 7.01. The molecule has 136 valence electrons. The average Bonchev–Trinajstić information content (AvgIpc) is 3.06. The van der Waals surface area contributed by atoms with Gasteiger partial charge < -0.3 is 14.6 Å². The number of hydrogen-bond donors (Lipinski definition) is 0. The largest absolute Gasteiger partial charge is 0.633 e. The SMILES string of the molecule is Cl.[O-][N+]1(CC[C@H]2CCCc3c2cnn3-c2ccccc2)CCOCC1. The van der Waals surface area contributed by atoms with Gasteiger partial charge in [0.25, 0.3) is 0 Å². The van der Waals surface area contributed by atoms with Gasteiger partial charge in [-0.15, -0.1) is 12.4 Å². The molecule has 5 nitrogen and oxygen atoms in total. The van der Waals surface area contributed by atoms with Crippen molar-refractivity contribution in [2.75, 3.05) is 32.8 Å². The molecule has 2 aromatic rings. The molecular weight excluding hydrogens is 338 g/mol. The van der Waals surface area contributed by atoms with Gasteiger partial charge in [0.1, 0.15) is 13.1 Å². The van der Waals surface area contributed by atoms with Crippen molar-refractivity contribution < 1.29 is 9.38 Å². The summed E-state index contributed by atoms with van der Waals surface area (Å²) in [5.74, 6) is 0.470. The highest BCUT2D eigenvalue weighted by atomic mass is 35.5. The number of ether oxygens (including phenoxy) is 1. The lowest BCUT2D eigenvalue weighted by Crippen LogP contribution is -2.51. The minimum atomic E-state index is -0.0847. The van der Waals surface area contributed by atoms with E-state index in [9.17, 15) is 5.21 Å². The molecule has 1 fully saturated rings. The van der Waals surface area contributed by atoms with E-state index in [0.717, 1.165) is 18.5 Å². The molecule has 0 saturated carbocycles. The zero-order chi connectivity index (χ0) is 16.4. The maximum absolute atomic E-state index is 12.7. The molecule has 1 aliphatic heterocycles. The van der Waals surface area contributed by atoms with E-state index in [1.54, 1.807) is 0 Å². The fourth-order valence-corrected chi connectivity index (χ4v) is 4.03. The van der Waals surface area contributed by atoms with Gasteiger partial charge in [-0.1, -0.05) is 18.2 Å². The standard InChI is InChI=1S/C19H25N3O2.ClH/c23-22(11-13-24-14-12-22)10-9-16-5-4-8-19-18(16)15-20-21(19)17-6-2-1-3-7-17;/h1-3,6-7,15-16H,4-5,8-14H2;1H/t16-;/m1./s1. The molecule has 0 spiro atoms. The Morgan fingerprint density at radius 2 is 1.96 bits per heavy atom. The van der Waals surface area contributed by atoms with Crippen LogP contribution in [0.3, 0.4) is 0 Å². The van der Waals surface area contributed by atoms with Gasteiger partial charge in [0.2, 0.25) is 0 Å². The Morgan fingerprint density at radius 1 is 1.20 bits per heavy atom. The molecule has 2 heterocycles. The zero-order valence-electron chi connectivity index (χ0n) is 14.5. The molecule has 2 aliphatic rings. The summed E-state index contributed by atoms with van der Waals surface area (Å²) in [5.41, 5.74) is 3.81. The lowest BCUT2D eigenvalue weighted by Gasteiger charge is -2.46. The molecule has 1 aliphatic carbocycles. The molecule has 25 heavy (non-hydrogen) atoms. The van der Waals surface area contributed by atoms with Crippen LogP contribution in [-0.2, 0) is 11.2 Å². The van der Waals surface area contributed by atoms with E-state index < -0.39 is 0 Å². The summed E-state index contributed by atoms with van der Waals surface area (Å²) in [4.78, 5) is 0. The topological polar surface area (TPSA) is 50.1 Å².